The molecule has 2 rings (SSSR count). The van der Waals surface area contributed by atoms with Crippen LogP contribution in [0.3, 0.4) is 0 Å². The van der Waals surface area contributed by atoms with E-state index in [1.54, 1.807) is 12.1 Å². The molecular formula is C14H24N3O4S2+. The fourth-order valence-corrected chi connectivity index (χ4v) is 5.06. The van der Waals surface area contributed by atoms with Crippen LogP contribution in [0.4, 0.5) is 5.69 Å². The van der Waals surface area contributed by atoms with Crippen molar-refractivity contribution in [3.8, 4) is 0 Å². The van der Waals surface area contributed by atoms with Crippen LogP contribution < -0.4 is 13.9 Å². The molecule has 1 saturated heterocycles. The van der Waals surface area contributed by atoms with Crippen LogP contribution >= 0.6 is 0 Å². The van der Waals surface area contributed by atoms with E-state index in [9.17, 15) is 16.8 Å². The van der Waals surface area contributed by atoms with Gasteiger partial charge >= 0.3 is 0 Å². The summed E-state index contributed by atoms with van der Waals surface area (Å²) in [5.74, 6) is 0.140. The molecule has 0 bridgehead atoms. The molecule has 0 atom stereocenters. The Labute approximate surface area is 138 Å². The van der Waals surface area contributed by atoms with Crippen LogP contribution in [0.2, 0.25) is 0 Å². The van der Waals surface area contributed by atoms with Gasteiger partial charge in [0, 0.05) is 6.54 Å². The van der Waals surface area contributed by atoms with Gasteiger partial charge < -0.3 is 4.90 Å². The summed E-state index contributed by atoms with van der Waals surface area (Å²) in [6, 6.07) is 6.00. The Hall–Kier alpha value is -1.16. The van der Waals surface area contributed by atoms with Crippen LogP contribution in [0.5, 0.6) is 0 Å². The molecule has 23 heavy (non-hydrogen) atoms. The topological polar surface area (TPSA) is 88.0 Å². The zero-order chi connectivity index (χ0) is 17.1. The first-order valence-electron chi connectivity index (χ1n) is 7.61. The van der Waals surface area contributed by atoms with Crippen molar-refractivity contribution in [1.82, 2.24) is 4.72 Å². The normalized spacial score (nSPS) is 18.3. The number of benzene rings is 1. The molecule has 1 aromatic rings. The van der Waals surface area contributed by atoms with Gasteiger partial charge in [0.05, 0.1) is 43.5 Å². The van der Waals surface area contributed by atoms with E-state index < -0.39 is 20.0 Å². The second-order valence-corrected chi connectivity index (χ2v) is 9.72. The second kappa shape index (κ2) is 7.16. The minimum atomic E-state index is -3.56. The smallest absolute Gasteiger partial charge is 0.240 e. The lowest BCUT2D eigenvalue weighted by molar-refractivity contribution is -0.856. The molecule has 0 radical (unpaired) electrons. The van der Waals surface area contributed by atoms with Crippen LogP contribution in [-0.2, 0) is 20.0 Å². The van der Waals surface area contributed by atoms with Gasteiger partial charge in [0.1, 0.15) is 0 Å². The molecular weight excluding hydrogens is 338 g/mol. The van der Waals surface area contributed by atoms with E-state index in [0.717, 1.165) is 11.3 Å². The van der Waals surface area contributed by atoms with Gasteiger partial charge in [-0.25, -0.2) is 21.6 Å². The number of likely N-dealkylation sites (N-methyl/N-ethyl adjacent to an activating group) is 1. The van der Waals surface area contributed by atoms with Gasteiger partial charge in [-0.15, -0.1) is 0 Å². The van der Waals surface area contributed by atoms with Crippen LogP contribution in [0, 0.1) is 0 Å². The Morgan fingerprint density at radius 3 is 2.39 bits per heavy atom. The van der Waals surface area contributed by atoms with Crippen molar-refractivity contribution < 1.29 is 21.7 Å². The molecule has 7 nitrogen and oxygen atoms in total. The number of sulfonamides is 2. The highest BCUT2D eigenvalue weighted by Crippen LogP contribution is 2.24. The molecule has 1 aromatic carbocycles. The monoisotopic (exact) mass is 362 g/mol. The number of nitrogens with zero attached hydrogens (tertiary/aromatic N) is 1. The van der Waals surface area contributed by atoms with Crippen molar-refractivity contribution in [2.75, 3.05) is 43.8 Å². The van der Waals surface area contributed by atoms with Gasteiger partial charge in [0.15, 0.2) is 0 Å². The van der Waals surface area contributed by atoms with Gasteiger partial charge in [-0.05, 0) is 37.1 Å². The van der Waals surface area contributed by atoms with Crippen LogP contribution in [-0.4, -0.2) is 56.3 Å². The SMILES string of the molecule is C[NH+](C)CCNS(=O)(=O)c1ccc(N2CCCCS2(=O)=O)cc1. The van der Waals surface area contributed by atoms with Crippen molar-refractivity contribution in [2.45, 2.75) is 17.7 Å². The molecule has 130 valence electrons. The van der Waals surface area contributed by atoms with Crippen molar-refractivity contribution >= 4 is 25.7 Å². The summed E-state index contributed by atoms with van der Waals surface area (Å²) in [5.41, 5.74) is 0.515. The number of nitrogens with one attached hydrogen (secondary N) is 2. The largest absolute Gasteiger partial charge is 0.339 e. The Morgan fingerprint density at radius 2 is 1.83 bits per heavy atom. The fraction of sp³-hybridized carbons (Fsp3) is 0.571. The first-order chi connectivity index (χ1) is 10.7. The van der Waals surface area contributed by atoms with Gasteiger partial charge in [-0.1, -0.05) is 0 Å². The van der Waals surface area contributed by atoms with Gasteiger partial charge in [-0.2, -0.15) is 0 Å². The second-order valence-electron chi connectivity index (χ2n) is 5.94. The van der Waals surface area contributed by atoms with Crippen LogP contribution in [0.1, 0.15) is 12.8 Å². The number of anilines is 1. The third-order valence-corrected chi connectivity index (χ3v) is 7.05. The predicted octanol–water partition coefficient (Wildman–Crippen LogP) is -0.961. The van der Waals surface area contributed by atoms with Crippen LogP contribution in [0.15, 0.2) is 29.2 Å². The van der Waals surface area contributed by atoms with E-state index >= 15 is 0 Å². The molecule has 0 amide bonds. The summed E-state index contributed by atoms with van der Waals surface area (Å²) in [4.78, 5) is 1.29. The van der Waals surface area contributed by atoms with Crippen molar-refractivity contribution in [1.29, 1.82) is 0 Å². The lowest BCUT2D eigenvalue weighted by Crippen LogP contribution is -3.06. The minimum absolute atomic E-state index is 0.140. The number of hydrogen-bond acceptors (Lipinski definition) is 4. The molecule has 0 saturated carbocycles. The molecule has 0 aliphatic carbocycles. The molecule has 0 spiro atoms. The Balaban J connectivity index is 2.13. The fourth-order valence-electron chi connectivity index (χ4n) is 2.39. The lowest BCUT2D eigenvalue weighted by atomic mass is 10.3. The van der Waals surface area contributed by atoms with Crippen molar-refractivity contribution in [2.24, 2.45) is 0 Å². The average Bonchev–Trinajstić information content (AvgIpc) is 2.46. The van der Waals surface area contributed by atoms with E-state index in [-0.39, 0.29) is 10.6 Å². The molecule has 9 heteroatoms. The van der Waals surface area contributed by atoms with Gasteiger partial charge in [-0.3, -0.25) is 4.31 Å². The van der Waals surface area contributed by atoms with E-state index in [2.05, 4.69) is 4.72 Å². The number of quaternary nitrogens is 1. The molecule has 1 fully saturated rings. The molecule has 1 heterocycles. The number of rotatable bonds is 6. The van der Waals surface area contributed by atoms with Gasteiger partial charge in [0.2, 0.25) is 20.0 Å². The number of hydrogen-bond donors (Lipinski definition) is 2. The minimum Gasteiger partial charge on any atom is -0.339 e. The molecule has 1 aliphatic rings. The van der Waals surface area contributed by atoms with Crippen LogP contribution in [0.25, 0.3) is 0 Å². The summed E-state index contributed by atoms with van der Waals surface area (Å²) < 4.78 is 52.4. The van der Waals surface area contributed by atoms with E-state index in [0.29, 0.717) is 31.7 Å². The lowest BCUT2D eigenvalue weighted by Gasteiger charge is -2.28. The predicted molar refractivity (Wildman–Crippen MR) is 89.7 cm³/mol. The zero-order valence-electron chi connectivity index (χ0n) is 13.4. The maximum Gasteiger partial charge on any atom is 0.240 e. The Kier molecular flexibility index (Phi) is 5.66. The average molecular weight is 362 g/mol. The zero-order valence-corrected chi connectivity index (χ0v) is 15.1. The molecule has 2 N–H and O–H groups in total. The summed E-state index contributed by atoms with van der Waals surface area (Å²) in [7, 11) is -2.95. The third kappa shape index (κ3) is 4.66. The van der Waals surface area contributed by atoms with E-state index in [1.807, 2.05) is 14.1 Å². The highest BCUT2D eigenvalue weighted by molar-refractivity contribution is 7.92. The standard InChI is InChI=1S/C14H23N3O4S2/c1-16(2)11-9-15-23(20,21)14-7-5-13(6-8-14)17-10-3-4-12-22(17,18)19/h5-8,15H,3-4,9-12H2,1-2H3/p+1. The molecule has 1 aliphatic heterocycles. The quantitative estimate of drug-likeness (QED) is 0.682. The maximum absolute atomic E-state index is 12.2. The summed E-state index contributed by atoms with van der Waals surface area (Å²) >= 11 is 0. The summed E-state index contributed by atoms with van der Waals surface area (Å²) in [6.07, 6.45) is 1.48. The first kappa shape index (κ1) is 18.2. The highest BCUT2D eigenvalue weighted by atomic mass is 32.2. The third-order valence-electron chi connectivity index (χ3n) is 3.70. The summed E-state index contributed by atoms with van der Waals surface area (Å²) in [5, 5.41) is 0. The first-order valence-corrected chi connectivity index (χ1v) is 10.7. The van der Waals surface area contributed by atoms with E-state index in [1.165, 1.54) is 16.4 Å². The van der Waals surface area contributed by atoms with Crippen molar-refractivity contribution in [3.63, 3.8) is 0 Å². The molecule has 0 unspecified atom stereocenters. The highest BCUT2D eigenvalue weighted by Gasteiger charge is 2.26. The maximum atomic E-state index is 12.2. The Morgan fingerprint density at radius 1 is 1.17 bits per heavy atom. The van der Waals surface area contributed by atoms with Crippen molar-refractivity contribution in [3.05, 3.63) is 24.3 Å². The van der Waals surface area contributed by atoms with E-state index in [4.69, 9.17) is 0 Å². The summed E-state index contributed by atoms with van der Waals surface area (Å²) in [6.45, 7) is 1.48. The van der Waals surface area contributed by atoms with Gasteiger partial charge in [0.25, 0.3) is 0 Å². The Bertz CT molecular complexity index is 728. The molecule has 0 aromatic heterocycles.